The molecule has 0 saturated carbocycles. The molecule has 16 heteroatoms. The summed E-state index contributed by atoms with van der Waals surface area (Å²) in [5.74, 6) is -10.2. The topological polar surface area (TPSA) is 137 Å². The van der Waals surface area contributed by atoms with Crippen molar-refractivity contribution < 1.29 is 41.0 Å². The molecule has 0 aliphatic carbocycles. The van der Waals surface area contributed by atoms with Gasteiger partial charge in [0.1, 0.15) is 29.4 Å². The lowest BCUT2D eigenvalue weighted by Crippen LogP contribution is -2.38. The molecule has 0 spiro atoms. The van der Waals surface area contributed by atoms with Crippen LogP contribution in [0.5, 0.6) is 11.5 Å². The van der Waals surface area contributed by atoms with Gasteiger partial charge in [-0.2, -0.15) is 13.9 Å². The number of esters is 1. The lowest BCUT2D eigenvalue weighted by atomic mass is 10.1. The molecule has 1 saturated heterocycles. The Morgan fingerprint density at radius 3 is 2.55 bits per heavy atom. The van der Waals surface area contributed by atoms with Crippen molar-refractivity contribution in [2.24, 2.45) is 0 Å². The van der Waals surface area contributed by atoms with Gasteiger partial charge in [0.25, 0.3) is 0 Å². The maximum atomic E-state index is 15.4. The van der Waals surface area contributed by atoms with Gasteiger partial charge in [0, 0.05) is 43.4 Å². The van der Waals surface area contributed by atoms with E-state index in [1.165, 1.54) is 29.2 Å². The molecule has 3 N–H and O–H groups in total. The molecule has 44 heavy (non-hydrogen) atoms. The minimum Gasteiger partial charge on any atom is -0.463 e. The van der Waals surface area contributed by atoms with E-state index in [0.717, 1.165) is 12.1 Å². The van der Waals surface area contributed by atoms with Crippen molar-refractivity contribution in [1.29, 1.82) is 0 Å². The molecule has 1 atom stereocenters. The first-order valence-corrected chi connectivity index (χ1v) is 13.2. The quantitative estimate of drug-likeness (QED) is 0.126. The van der Waals surface area contributed by atoms with Gasteiger partial charge < -0.3 is 25.4 Å². The molecule has 1 fully saturated rings. The molecule has 230 valence electrons. The van der Waals surface area contributed by atoms with Gasteiger partial charge in [0.05, 0.1) is 18.0 Å². The molecule has 0 bridgehead atoms. The summed E-state index contributed by atoms with van der Waals surface area (Å²) in [5, 5.41) is 7.45. The number of hydrogen-bond acceptors (Lipinski definition) is 8. The fourth-order valence-electron chi connectivity index (χ4n) is 4.68. The van der Waals surface area contributed by atoms with Crippen LogP contribution in [0, 0.1) is 29.1 Å². The van der Waals surface area contributed by atoms with Gasteiger partial charge in [-0.1, -0.05) is 6.08 Å². The molecule has 2 amide bonds. The Morgan fingerprint density at radius 2 is 1.84 bits per heavy atom. The average molecular weight is 618 g/mol. The van der Waals surface area contributed by atoms with Gasteiger partial charge >= 0.3 is 12.0 Å². The summed E-state index contributed by atoms with van der Waals surface area (Å²) >= 11 is 0. The van der Waals surface area contributed by atoms with E-state index in [-0.39, 0.29) is 65.9 Å². The molecule has 2 aromatic heterocycles. The summed E-state index contributed by atoms with van der Waals surface area (Å²) in [5.41, 5.74) is 6.33. The fourth-order valence-corrected chi connectivity index (χ4v) is 4.68. The zero-order valence-corrected chi connectivity index (χ0v) is 23.0. The van der Waals surface area contributed by atoms with Crippen LogP contribution in [-0.4, -0.2) is 62.9 Å². The Balaban J connectivity index is 1.38. The Hall–Kier alpha value is -5.28. The second kappa shape index (κ2) is 12.5. The number of likely N-dealkylation sites (tertiary alicyclic amines) is 1. The van der Waals surface area contributed by atoms with Crippen LogP contribution in [0.3, 0.4) is 0 Å². The standard InChI is InChI=1S/C28H24F5N7O4/c1-2-43-20(41)4-3-8-35-28(42)39-9-7-14(12-39)40-27-21(26(34)36-13-37-27)24(38-40)16-6-5-15(10-17(16)29)44-25-22(32)18(30)11-19(31)23(25)33/h3-6,10-11,13-14H,2,7-9,12H2,1H3,(H,35,42)(H2,34,36,37)/b4-3+/t14-/m1/s1. The summed E-state index contributed by atoms with van der Waals surface area (Å²) in [4.78, 5) is 33.8. The van der Waals surface area contributed by atoms with Crippen LogP contribution < -0.4 is 15.8 Å². The SMILES string of the molecule is CCOC(=O)/C=C/CNC(=O)N1CC[C@@H](n2nc(-c3ccc(Oc4c(F)c(F)cc(F)c4F)cc3F)c3c(N)ncnc32)C1. The second-order valence-electron chi connectivity index (χ2n) is 9.52. The van der Waals surface area contributed by atoms with Crippen molar-refractivity contribution in [1.82, 2.24) is 30.0 Å². The molecular formula is C28H24F5N7O4. The minimum atomic E-state index is -1.78. The molecular weight excluding hydrogens is 593 g/mol. The van der Waals surface area contributed by atoms with Gasteiger partial charge in [0.2, 0.25) is 17.4 Å². The number of aromatic nitrogens is 4. The number of fused-ring (bicyclic) bond motifs is 1. The summed E-state index contributed by atoms with van der Waals surface area (Å²) in [7, 11) is 0. The number of hydrogen-bond donors (Lipinski definition) is 2. The predicted molar refractivity (Wildman–Crippen MR) is 146 cm³/mol. The van der Waals surface area contributed by atoms with Crippen LogP contribution in [-0.2, 0) is 9.53 Å². The van der Waals surface area contributed by atoms with Crippen LogP contribution in [0.1, 0.15) is 19.4 Å². The number of nitrogens with one attached hydrogen (secondary N) is 1. The van der Waals surface area contributed by atoms with E-state index in [9.17, 15) is 27.2 Å². The number of nitrogens with zero attached hydrogens (tertiary/aromatic N) is 5. The summed E-state index contributed by atoms with van der Waals surface area (Å²) < 4.78 is 81.9. The molecule has 2 aromatic carbocycles. The molecule has 1 aliphatic rings. The Kier molecular flexibility index (Phi) is 8.59. The third kappa shape index (κ3) is 5.95. The molecule has 3 heterocycles. The lowest BCUT2D eigenvalue weighted by molar-refractivity contribution is -0.137. The molecule has 4 aromatic rings. The Bertz CT molecular complexity index is 1760. The number of carbonyl (C=O) groups is 2. The maximum absolute atomic E-state index is 15.4. The summed E-state index contributed by atoms with van der Waals surface area (Å²) in [6.45, 7) is 2.61. The first-order valence-electron chi connectivity index (χ1n) is 13.2. The van der Waals surface area contributed by atoms with Crippen molar-refractivity contribution in [3.8, 4) is 22.8 Å². The number of carbonyl (C=O) groups excluding carboxylic acids is 2. The monoisotopic (exact) mass is 617 g/mol. The van der Waals surface area contributed by atoms with Crippen LogP contribution in [0.15, 0.2) is 42.7 Å². The molecule has 1 aliphatic heterocycles. The highest BCUT2D eigenvalue weighted by Gasteiger charge is 2.31. The van der Waals surface area contributed by atoms with Gasteiger partial charge in [-0.15, -0.1) is 0 Å². The minimum absolute atomic E-state index is 0.00339. The highest BCUT2D eigenvalue weighted by molar-refractivity contribution is 5.98. The van der Waals surface area contributed by atoms with E-state index in [0.29, 0.717) is 13.0 Å². The van der Waals surface area contributed by atoms with Gasteiger partial charge in [-0.05, 0) is 25.5 Å². The smallest absolute Gasteiger partial charge is 0.330 e. The third-order valence-electron chi connectivity index (χ3n) is 6.71. The van der Waals surface area contributed by atoms with E-state index in [4.69, 9.17) is 15.2 Å². The van der Waals surface area contributed by atoms with Crippen molar-refractivity contribution in [2.45, 2.75) is 19.4 Å². The van der Waals surface area contributed by atoms with E-state index >= 15 is 4.39 Å². The molecule has 0 unspecified atom stereocenters. The normalized spacial score (nSPS) is 14.9. The molecule has 11 nitrogen and oxygen atoms in total. The van der Waals surface area contributed by atoms with Crippen LogP contribution in [0.2, 0.25) is 0 Å². The number of rotatable bonds is 8. The second-order valence-corrected chi connectivity index (χ2v) is 9.52. The van der Waals surface area contributed by atoms with Crippen molar-refractivity contribution >= 4 is 28.9 Å². The van der Waals surface area contributed by atoms with Gasteiger partial charge in [-0.3, -0.25) is 0 Å². The number of nitrogen functional groups attached to an aromatic ring is 1. The number of anilines is 1. The number of amides is 2. The maximum Gasteiger partial charge on any atom is 0.330 e. The Morgan fingerprint density at radius 1 is 1.09 bits per heavy atom. The number of urea groups is 1. The molecule has 5 rings (SSSR count). The van der Waals surface area contributed by atoms with Crippen molar-refractivity contribution in [3.63, 3.8) is 0 Å². The van der Waals surface area contributed by atoms with Gasteiger partial charge in [-0.25, -0.2) is 37.4 Å². The number of ether oxygens (including phenoxy) is 2. The lowest BCUT2D eigenvalue weighted by Gasteiger charge is -2.17. The Labute approximate surface area is 246 Å². The zero-order valence-electron chi connectivity index (χ0n) is 23.0. The third-order valence-corrected chi connectivity index (χ3v) is 6.71. The average Bonchev–Trinajstić information content (AvgIpc) is 3.63. The van der Waals surface area contributed by atoms with E-state index in [2.05, 4.69) is 20.4 Å². The highest BCUT2D eigenvalue weighted by atomic mass is 19.2. The van der Waals surface area contributed by atoms with Crippen molar-refractivity contribution in [2.75, 3.05) is 32.0 Å². The zero-order chi connectivity index (χ0) is 31.5. The fraction of sp³-hybridized carbons (Fsp3) is 0.250. The first kappa shape index (κ1) is 30.2. The van der Waals surface area contributed by atoms with Crippen LogP contribution in [0.25, 0.3) is 22.3 Å². The van der Waals surface area contributed by atoms with Crippen LogP contribution >= 0.6 is 0 Å². The van der Waals surface area contributed by atoms with E-state index < -0.39 is 46.6 Å². The summed E-state index contributed by atoms with van der Waals surface area (Å²) in [6.07, 6.45) is 4.37. The van der Waals surface area contributed by atoms with Gasteiger partial charge in [0.15, 0.2) is 17.3 Å². The number of halogens is 5. The van der Waals surface area contributed by atoms with E-state index in [1.807, 2.05) is 0 Å². The van der Waals surface area contributed by atoms with Crippen molar-refractivity contribution in [3.05, 3.63) is 71.8 Å². The molecule has 0 radical (unpaired) electrons. The predicted octanol–water partition coefficient (Wildman–Crippen LogP) is 4.64. The highest BCUT2D eigenvalue weighted by Crippen LogP contribution is 2.37. The van der Waals surface area contributed by atoms with Crippen LogP contribution in [0.4, 0.5) is 32.6 Å². The first-order chi connectivity index (χ1) is 21.1. The number of benzene rings is 2. The van der Waals surface area contributed by atoms with E-state index in [1.54, 1.807) is 11.8 Å². The number of nitrogens with two attached hydrogens (primary N) is 1. The summed E-state index contributed by atoms with van der Waals surface area (Å²) in [6, 6.07) is 2.35. The largest absolute Gasteiger partial charge is 0.463 e.